The number of carbonyl (C=O) groups excluding carboxylic acids is 1. The van der Waals surface area contributed by atoms with Gasteiger partial charge in [0.1, 0.15) is 17.2 Å². The highest BCUT2D eigenvalue weighted by Crippen LogP contribution is 2.24. The van der Waals surface area contributed by atoms with Crippen molar-refractivity contribution in [2.45, 2.75) is 19.3 Å². The summed E-state index contributed by atoms with van der Waals surface area (Å²) >= 11 is 0. The van der Waals surface area contributed by atoms with Gasteiger partial charge in [0, 0.05) is 6.42 Å². The summed E-state index contributed by atoms with van der Waals surface area (Å²) in [5, 5.41) is 0. The lowest BCUT2D eigenvalue weighted by molar-refractivity contribution is -0.118. The van der Waals surface area contributed by atoms with Crippen LogP contribution in [-0.4, -0.2) is 13.0 Å². The number of primary amides is 1. The summed E-state index contributed by atoms with van der Waals surface area (Å²) in [5.74, 6) is 2.08. The Morgan fingerprint density at radius 1 is 0.952 bits per heavy atom. The summed E-state index contributed by atoms with van der Waals surface area (Å²) in [7, 11) is 1.63. The van der Waals surface area contributed by atoms with E-state index in [4.69, 9.17) is 15.2 Å². The van der Waals surface area contributed by atoms with Gasteiger partial charge in [-0.3, -0.25) is 4.79 Å². The van der Waals surface area contributed by atoms with E-state index in [0.29, 0.717) is 6.42 Å². The summed E-state index contributed by atoms with van der Waals surface area (Å²) < 4.78 is 10.8. The first-order chi connectivity index (χ1) is 10.2. The third kappa shape index (κ3) is 4.84. The van der Waals surface area contributed by atoms with Crippen molar-refractivity contribution in [2.24, 2.45) is 5.73 Å². The van der Waals surface area contributed by atoms with Crippen molar-refractivity contribution in [3.8, 4) is 17.2 Å². The second-order valence-corrected chi connectivity index (χ2v) is 4.74. The van der Waals surface area contributed by atoms with E-state index in [2.05, 4.69) is 0 Å². The fourth-order valence-electron chi connectivity index (χ4n) is 1.97. The van der Waals surface area contributed by atoms with Gasteiger partial charge >= 0.3 is 0 Å². The average molecular weight is 285 g/mol. The van der Waals surface area contributed by atoms with Crippen LogP contribution in [0.4, 0.5) is 0 Å². The molecule has 0 spiro atoms. The molecule has 2 N–H and O–H groups in total. The molecule has 0 bridgehead atoms. The topological polar surface area (TPSA) is 61.6 Å². The van der Waals surface area contributed by atoms with Crippen molar-refractivity contribution in [1.82, 2.24) is 0 Å². The molecule has 0 radical (unpaired) electrons. The molecular formula is C17H19NO3. The number of aryl methyl sites for hydroxylation is 1. The maximum absolute atomic E-state index is 10.7. The Hall–Kier alpha value is -2.49. The average Bonchev–Trinajstić information content (AvgIpc) is 2.49. The summed E-state index contributed by atoms with van der Waals surface area (Å²) in [5.41, 5.74) is 6.28. The number of amides is 1. The van der Waals surface area contributed by atoms with E-state index in [1.807, 2.05) is 48.5 Å². The van der Waals surface area contributed by atoms with Crippen molar-refractivity contribution in [3.63, 3.8) is 0 Å². The number of hydrogen-bond donors (Lipinski definition) is 1. The molecule has 4 nitrogen and oxygen atoms in total. The van der Waals surface area contributed by atoms with Crippen LogP contribution in [0, 0.1) is 0 Å². The van der Waals surface area contributed by atoms with Gasteiger partial charge in [0.25, 0.3) is 0 Å². The number of benzene rings is 2. The second-order valence-electron chi connectivity index (χ2n) is 4.74. The van der Waals surface area contributed by atoms with Crippen LogP contribution in [0.15, 0.2) is 48.5 Å². The lowest BCUT2D eigenvalue weighted by Gasteiger charge is -2.07. The number of nitrogens with two attached hydrogens (primary N) is 1. The first-order valence-electron chi connectivity index (χ1n) is 6.86. The van der Waals surface area contributed by atoms with Gasteiger partial charge in [-0.2, -0.15) is 0 Å². The molecule has 0 aromatic heterocycles. The van der Waals surface area contributed by atoms with Crippen molar-refractivity contribution < 1.29 is 14.3 Å². The van der Waals surface area contributed by atoms with Gasteiger partial charge in [0.05, 0.1) is 7.11 Å². The highest BCUT2D eigenvalue weighted by Gasteiger charge is 2.00. The van der Waals surface area contributed by atoms with E-state index in [1.165, 1.54) is 5.56 Å². The van der Waals surface area contributed by atoms with Crippen LogP contribution in [-0.2, 0) is 11.2 Å². The van der Waals surface area contributed by atoms with Crippen LogP contribution in [0.3, 0.4) is 0 Å². The van der Waals surface area contributed by atoms with Crippen LogP contribution >= 0.6 is 0 Å². The lowest BCUT2D eigenvalue weighted by Crippen LogP contribution is -2.10. The molecule has 110 valence electrons. The molecule has 0 aliphatic rings. The highest BCUT2D eigenvalue weighted by molar-refractivity contribution is 5.73. The Bertz CT molecular complexity index is 576. The number of methoxy groups -OCH3 is 1. The van der Waals surface area contributed by atoms with Gasteiger partial charge in [0.2, 0.25) is 5.91 Å². The van der Waals surface area contributed by atoms with E-state index in [9.17, 15) is 4.79 Å². The first kappa shape index (κ1) is 14.9. The predicted octanol–water partition coefficient (Wildman–Crippen LogP) is 3.30. The fourth-order valence-corrected chi connectivity index (χ4v) is 1.97. The molecule has 2 aromatic rings. The van der Waals surface area contributed by atoms with E-state index < -0.39 is 0 Å². The maximum atomic E-state index is 10.7. The van der Waals surface area contributed by atoms with E-state index in [-0.39, 0.29) is 5.91 Å². The minimum atomic E-state index is -0.255. The summed E-state index contributed by atoms with van der Waals surface area (Å²) in [6.07, 6.45) is 2.03. The smallest absolute Gasteiger partial charge is 0.217 e. The first-order valence-corrected chi connectivity index (χ1v) is 6.86. The maximum Gasteiger partial charge on any atom is 0.217 e. The van der Waals surface area contributed by atoms with Crippen molar-refractivity contribution >= 4 is 5.91 Å². The van der Waals surface area contributed by atoms with Crippen LogP contribution in [0.25, 0.3) is 0 Å². The van der Waals surface area contributed by atoms with Crippen molar-refractivity contribution in [3.05, 3.63) is 54.1 Å². The summed E-state index contributed by atoms with van der Waals surface area (Å²) in [6, 6.07) is 15.3. The largest absolute Gasteiger partial charge is 0.497 e. The summed E-state index contributed by atoms with van der Waals surface area (Å²) in [4.78, 5) is 10.7. The fraction of sp³-hybridized carbons (Fsp3) is 0.235. The highest BCUT2D eigenvalue weighted by atomic mass is 16.5. The van der Waals surface area contributed by atoms with Crippen LogP contribution in [0.2, 0.25) is 0 Å². The summed E-state index contributed by atoms with van der Waals surface area (Å²) in [6.45, 7) is 0. The molecule has 0 aliphatic heterocycles. The molecule has 0 atom stereocenters. The van der Waals surface area contributed by atoms with Crippen LogP contribution in [0.1, 0.15) is 18.4 Å². The molecule has 0 aliphatic carbocycles. The van der Waals surface area contributed by atoms with Gasteiger partial charge in [-0.15, -0.1) is 0 Å². The molecule has 0 unspecified atom stereocenters. The third-order valence-corrected chi connectivity index (χ3v) is 3.11. The molecule has 2 aromatic carbocycles. The number of hydrogen-bond acceptors (Lipinski definition) is 3. The zero-order chi connectivity index (χ0) is 15.1. The van der Waals surface area contributed by atoms with Gasteiger partial charge in [-0.05, 0) is 54.8 Å². The SMILES string of the molecule is COc1ccc(Oc2ccc(CCCC(N)=O)cc2)cc1. The molecule has 0 heterocycles. The number of carbonyl (C=O) groups is 1. The quantitative estimate of drug-likeness (QED) is 0.849. The molecule has 21 heavy (non-hydrogen) atoms. The van der Waals surface area contributed by atoms with E-state index in [0.717, 1.165) is 30.1 Å². The molecule has 0 saturated heterocycles. The Morgan fingerprint density at radius 3 is 2.00 bits per heavy atom. The number of rotatable bonds is 7. The van der Waals surface area contributed by atoms with Gasteiger partial charge in [-0.25, -0.2) is 0 Å². The minimum Gasteiger partial charge on any atom is -0.497 e. The normalized spacial score (nSPS) is 10.1. The molecule has 4 heteroatoms. The molecule has 2 rings (SSSR count). The second kappa shape index (κ2) is 7.33. The predicted molar refractivity (Wildman–Crippen MR) is 81.6 cm³/mol. The monoisotopic (exact) mass is 285 g/mol. The van der Waals surface area contributed by atoms with Gasteiger partial charge in [0.15, 0.2) is 0 Å². The zero-order valence-electron chi connectivity index (χ0n) is 12.0. The van der Waals surface area contributed by atoms with Crippen LogP contribution < -0.4 is 15.2 Å². The minimum absolute atomic E-state index is 0.255. The molecule has 0 saturated carbocycles. The Morgan fingerprint density at radius 2 is 1.48 bits per heavy atom. The Labute approximate surface area is 124 Å². The van der Waals surface area contributed by atoms with Gasteiger partial charge in [-0.1, -0.05) is 12.1 Å². The Balaban J connectivity index is 1.90. The van der Waals surface area contributed by atoms with Crippen LogP contribution in [0.5, 0.6) is 17.2 Å². The molecule has 1 amide bonds. The Kier molecular flexibility index (Phi) is 5.21. The van der Waals surface area contributed by atoms with Crippen molar-refractivity contribution in [1.29, 1.82) is 0 Å². The van der Waals surface area contributed by atoms with E-state index in [1.54, 1.807) is 7.11 Å². The van der Waals surface area contributed by atoms with Gasteiger partial charge < -0.3 is 15.2 Å². The lowest BCUT2D eigenvalue weighted by atomic mass is 10.1. The van der Waals surface area contributed by atoms with Crippen molar-refractivity contribution in [2.75, 3.05) is 7.11 Å². The third-order valence-electron chi connectivity index (χ3n) is 3.11. The standard InChI is InChI=1S/C17H19NO3/c1-20-14-9-11-16(12-10-14)21-15-7-5-13(6-8-15)3-2-4-17(18)19/h5-12H,2-4H2,1H3,(H2,18,19). The number of ether oxygens (including phenoxy) is 2. The molecule has 0 fully saturated rings. The zero-order valence-corrected chi connectivity index (χ0v) is 12.0. The van der Waals surface area contributed by atoms with E-state index >= 15 is 0 Å². The molecular weight excluding hydrogens is 266 g/mol.